The van der Waals surface area contributed by atoms with E-state index in [0.717, 1.165) is 0 Å². The third kappa shape index (κ3) is 4.73. The Morgan fingerprint density at radius 1 is 1.15 bits per heavy atom. The van der Waals surface area contributed by atoms with Gasteiger partial charge in [0, 0.05) is 30.0 Å². The number of hydrogen-bond donors (Lipinski definition) is 3. The fourth-order valence-electron chi connectivity index (χ4n) is 2.18. The topological polar surface area (TPSA) is 120 Å². The summed E-state index contributed by atoms with van der Waals surface area (Å²) in [5, 5.41) is 8.77. The molecule has 0 unspecified atom stereocenters. The molecule has 138 valence electrons. The molecular formula is C17H19N3O5S. The highest BCUT2D eigenvalue weighted by atomic mass is 32.1. The first kappa shape index (κ1) is 19.3. The fourth-order valence-corrected chi connectivity index (χ4v) is 2.82. The molecule has 0 aliphatic carbocycles. The van der Waals surface area contributed by atoms with Crippen LogP contribution in [0.5, 0.6) is 11.5 Å². The number of amides is 3. The number of hydrogen-bond acceptors (Lipinski definition) is 6. The maximum atomic E-state index is 12.1. The highest BCUT2D eigenvalue weighted by molar-refractivity contribution is 7.08. The number of benzene rings is 1. The molecule has 0 fully saturated rings. The summed E-state index contributed by atoms with van der Waals surface area (Å²) in [6.07, 6.45) is 0.0302. The van der Waals surface area contributed by atoms with Crippen LogP contribution in [0.3, 0.4) is 0 Å². The van der Waals surface area contributed by atoms with Gasteiger partial charge in [0.1, 0.15) is 0 Å². The van der Waals surface area contributed by atoms with Crippen molar-refractivity contribution >= 4 is 34.7 Å². The number of carbonyl (C=O) groups is 3. The van der Waals surface area contributed by atoms with Gasteiger partial charge < -0.3 is 25.8 Å². The van der Waals surface area contributed by atoms with Crippen LogP contribution in [-0.4, -0.2) is 38.5 Å². The summed E-state index contributed by atoms with van der Waals surface area (Å²) in [7, 11) is 2.87. The van der Waals surface area contributed by atoms with Crippen molar-refractivity contribution in [3.63, 3.8) is 0 Å². The zero-order valence-electron chi connectivity index (χ0n) is 14.3. The maximum Gasteiger partial charge on any atom is 0.252 e. The molecule has 1 aromatic carbocycles. The molecule has 0 saturated heterocycles. The molecular weight excluding hydrogens is 358 g/mol. The molecule has 9 heteroatoms. The average molecular weight is 377 g/mol. The number of nitrogens with one attached hydrogen (secondary N) is 2. The van der Waals surface area contributed by atoms with Crippen LogP contribution < -0.4 is 25.8 Å². The van der Waals surface area contributed by atoms with E-state index >= 15 is 0 Å². The van der Waals surface area contributed by atoms with Crippen LogP contribution in [0, 0.1) is 0 Å². The summed E-state index contributed by atoms with van der Waals surface area (Å²) < 4.78 is 10.3. The average Bonchev–Trinajstić information content (AvgIpc) is 3.15. The number of methoxy groups -OCH3 is 2. The molecule has 0 spiro atoms. The SMILES string of the molecule is COc1cc(NC(=O)CCNC(=O)c2ccsc2)c(C(N)=O)cc1OC. The van der Waals surface area contributed by atoms with E-state index in [0.29, 0.717) is 17.1 Å². The first-order chi connectivity index (χ1) is 12.5. The third-order valence-electron chi connectivity index (χ3n) is 3.48. The van der Waals surface area contributed by atoms with Crippen LogP contribution in [-0.2, 0) is 4.79 Å². The number of nitrogens with two attached hydrogens (primary N) is 1. The zero-order valence-corrected chi connectivity index (χ0v) is 15.1. The summed E-state index contributed by atoms with van der Waals surface area (Å²) in [4.78, 5) is 35.6. The van der Waals surface area contributed by atoms with E-state index in [2.05, 4.69) is 10.6 Å². The lowest BCUT2D eigenvalue weighted by Crippen LogP contribution is -2.27. The van der Waals surface area contributed by atoms with Crippen LogP contribution in [0.4, 0.5) is 5.69 Å². The van der Waals surface area contributed by atoms with E-state index in [1.807, 2.05) is 0 Å². The lowest BCUT2D eigenvalue weighted by atomic mass is 10.1. The lowest BCUT2D eigenvalue weighted by Gasteiger charge is -2.14. The molecule has 0 atom stereocenters. The van der Waals surface area contributed by atoms with E-state index in [-0.39, 0.29) is 36.0 Å². The summed E-state index contributed by atoms with van der Waals surface area (Å²) in [6, 6.07) is 4.55. The Morgan fingerprint density at radius 2 is 1.85 bits per heavy atom. The Labute approximate surface area is 154 Å². The van der Waals surface area contributed by atoms with Crippen molar-refractivity contribution in [2.75, 3.05) is 26.1 Å². The van der Waals surface area contributed by atoms with Gasteiger partial charge in [-0.15, -0.1) is 0 Å². The molecule has 1 heterocycles. The molecule has 1 aromatic heterocycles. The van der Waals surface area contributed by atoms with Gasteiger partial charge in [-0.3, -0.25) is 14.4 Å². The lowest BCUT2D eigenvalue weighted by molar-refractivity contribution is -0.116. The Hall–Kier alpha value is -3.07. The van der Waals surface area contributed by atoms with Gasteiger partial charge in [0.25, 0.3) is 11.8 Å². The molecule has 3 amide bonds. The van der Waals surface area contributed by atoms with Crippen molar-refractivity contribution in [3.05, 3.63) is 40.1 Å². The molecule has 0 aliphatic heterocycles. The molecule has 26 heavy (non-hydrogen) atoms. The van der Waals surface area contributed by atoms with Gasteiger partial charge in [-0.05, 0) is 17.5 Å². The monoisotopic (exact) mass is 377 g/mol. The Morgan fingerprint density at radius 3 is 2.42 bits per heavy atom. The van der Waals surface area contributed by atoms with Crippen LogP contribution in [0.2, 0.25) is 0 Å². The van der Waals surface area contributed by atoms with Gasteiger partial charge in [-0.2, -0.15) is 11.3 Å². The van der Waals surface area contributed by atoms with E-state index < -0.39 is 5.91 Å². The van der Waals surface area contributed by atoms with Crippen molar-refractivity contribution in [1.82, 2.24) is 5.32 Å². The zero-order chi connectivity index (χ0) is 19.1. The summed E-state index contributed by atoms with van der Waals surface area (Å²) in [5.41, 5.74) is 6.21. The number of ether oxygens (including phenoxy) is 2. The second kappa shape index (κ2) is 8.86. The first-order valence-corrected chi connectivity index (χ1v) is 8.56. The van der Waals surface area contributed by atoms with E-state index in [4.69, 9.17) is 15.2 Å². The van der Waals surface area contributed by atoms with Gasteiger partial charge >= 0.3 is 0 Å². The van der Waals surface area contributed by atoms with Crippen molar-refractivity contribution < 1.29 is 23.9 Å². The van der Waals surface area contributed by atoms with Gasteiger partial charge in [-0.25, -0.2) is 0 Å². The number of rotatable bonds is 8. The minimum Gasteiger partial charge on any atom is -0.493 e. The third-order valence-corrected chi connectivity index (χ3v) is 4.17. The van der Waals surface area contributed by atoms with E-state index in [1.165, 1.54) is 37.7 Å². The highest BCUT2D eigenvalue weighted by Gasteiger charge is 2.17. The quantitative estimate of drug-likeness (QED) is 0.646. The van der Waals surface area contributed by atoms with Gasteiger partial charge in [0.05, 0.1) is 25.5 Å². The number of thiophene rings is 1. The molecule has 2 rings (SSSR count). The van der Waals surface area contributed by atoms with Gasteiger partial charge in [0.15, 0.2) is 11.5 Å². The Balaban J connectivity index is 2.01. The largest absolute Gasteiger partial charge is 0.493 e. The Bertz CT molecular complexity index is 805. The first-order valence-electron chi connectivity index (χ1n) is 7.62. The molecule has 0 aliphatic rings. The summed E-state index contributed by atoms with van der Waals surface area (Å²) in [6.45, 7) is 0.152. The number of carbonyl (C=O) groups excluding carboxylic acids is 3. The second-order valence-electron chi connectivity index (χ2n) is 5.18. The standard InChI is InChI=1S/C17H19N3O5S/c1-24-13-7-11(16(18)22)12(8-14(13)25-2)20-15(21)3-5-19-17(23)10-4-6-26-9-10/h4,6-9H,3,5H2,1-2H3,(H2,18,22)(H,19,23)(H,20,21). The molecule has 0 bridgehead atoms. The Kier molecular flexibility index (Phi) is 6.56. The van der Waals surface area contributed by atoms with Crippen LogP contribution in [0.15, 0.2) is 29.0 Å². The predicted octanol–water partition coefficient (Wildman–Crippen LogP) is 1.62. The molecule has 0 saturated carbocycles. The fraction of sp³-hybridized carbons (Fsp3) is 0.235. The molecule has 2 aromatic rings. The van der Waals surface area contributed by atoms with E-state index in [1.54, 1.807) is 16.8 Å². The number of anilines is 1. The van der Waals surface area contributed by atoms with Crippen molar-refractivity contribution in [2.45, 2.75) is 6.42 Å². The normalized spacial score (nSPS) is 10.1. The minimum atomic E-state index is -0.716. The maximum absolute atomic E-state index is 12.1. The summed E-state index contributed by atoms with van der Waals surface area (Å²) in [5.74, 6) is -0.679. The summed E-state index contributed by atoms with van der Waals surface area (Å²) >= 11 is 1.41. The molecule has 8 nitrogen and oxygen atoms in total. The minimum absolute atomic E-state index is 0.0302. The van der Waals surface area contributed by atoms with Crippen LogP contribution >= 0.6 is 11.3 Å². The molecule has 4 N–H and O–H groups in total. The van der Waals surface area contributed by atoms with Gasteiger partial charge in [-0.1, -0.05) is 0 Å². The van der Waals surface area contributed by atoms with E-state index in [9.17, 15) is 14.4 Å². The highest BCUT2D eigenvalue weighted by Crippen LogP contribution is 2.33. The van der Waals surface area contributed by atoms with Crippen molar-refractivity contribution in [1.29, 1.82) is 0 Å². The predicted molar refractivity (Wildman–Crippen MR) is 98.0 cm³/mol. The van der Waals surface area contributed by atoms with Crippen molar-refractivity contribution in [2.24, 2.45) is 5.73 Å². The second-order valence-corrected chi connectivity index (χ2v) is 5.96. The van der Waals surface area contributed by atoms with Crippen molar-refractivity contribution in [3.8, 4) is 11.5 Å². The van der Waals surface area contributed by atoms with Crippen LogP contribution in [0.1, 0.15) is 27.1 Å². The van der Waals surface area contributed by atoms with Gasteiger partial charge in [0.2, 0.25) is 5.91 Å². The molecule has 0 radical (unpaired) electrons. The smallest absolute Gasteiger partial charge is 0.252 e. The number of primary amides is 1. The van der Waals surface area contributed by atoms with Crippen LogP contribution in [0.25, 0.3) is 0 Å².